The van der Waals surface area contributed by atoms with Crippen LogP contribution in [-0.2, 0) is 4.74 Å². The van der Waals surface area contributed by atoms with E-state index in [4.69, 9.17) is 4.74 Å². The minimum Gasteiger partial charge on any atom is -0.378 e. The number of rotatable bonds is 3. The zero-order valence-corrected chi connectivity index (χ0v) is 23.6. The van der Waals surface area contributed by atoms with Gasteiger partial charge in [0.05, 0.1) is 12.7 Å². The molecule has 0 aromatic carbocycles. The summed E-state index contributed by atoms with van der Waals surface area (Å²) >= 11 is 0. The van der Waals surface area contributed by atoms with Gasteiger partial charge < -0.3 is 4.74 Å². The summed E-state index contributed by atoms with van der Waals surface area (Å²) in [6.45, 7) is 3.48. The molecule has 0 amide bonds. The SMILES string of the molecule is CCCC1CCC(C2COC3CCC4CCCCC4C3C3C(CCC4CCCCC43)C3=C(C3)C2)CC1. The first-order valence-electron chi connectivity index (χ1n) is 17.1. The lowest BCUT2D eigenvalue weighted by molar-refractivity contribution is -0.129. The van der Waals surface area contributed by atoms with Crippen LogP contribution < -0.4 is 0 Å². The van der Waals surface area contributed by atoms with Crippen LogP contribution in [0.4, 0.5) is 0 Å². The lowest BCUT2D eigenvalue weighted by atomic mass is 9.51. The molecule has 0 bridgehead atoms. The van der Waals surface area contributed by atoms with E-state index in [0.717, 1.165) is 65.8 Å². The second kappa shape index (κ2) is 10.7. The van der Waals surface area contributed by atoms with Crippen LogP contribution in [0.3, 0.4) is 0 Å². The molecule has 5 saturated carbocycles. The lowest BCUT2D eigenvalue weighted by Gasteiger charge is -2.56. The van der Waals surface area contributed by atoms with Crippen LogP contribution in [0.15, 0.2) is 11.1 Å². The summed E-state index contributed by atoms with van der Waals surface area (Å²) in [6.07, 6.45) is 30.5. The maximum absolute atomic E-state index is 7.28. The normalized spacial score (nSPS) is 49.1. The Labute approximate surface area is 223 Å². The Bertz CT molecular complexity index is 788. The lowest BCUT2D eigenvalue weighted by Crippen LogP contribution is -2.52. The molecule has 6 aliphatic carbocycles. The van der Waals surface area contributed by atoms with Crippen LogP contribution >= 0.6 is 0 Å². The predicted molar refractivity (Wildman–Crippen MR) is 150 cm³/mol. The standard InChI is InChI=1S/C35H56O/c1-2-7-23-12-14-24(15-13-23)28-20-27-21-32(27)31-18-16-25-8-3-5-10-29(25)34(31)35-30-11-6-4-9-26(30)17-19-33(35)36-22-28/h23-26,28-31,33-35H,2-22H2,1H3. The molecule has 0 saturated heterocycles. The first-order valence-corrected chi connectivity index (χ1v) is 17.1. The third-order valence-corrected chi connectivity index (χ3v) is 13.4. The van der Waals surface area contributed by atoms with Gasteiger partial charge in [0, 0.05) is 0 Å². The highest BCUT2D eigenvalue weighted by atomic mass is 16.5. The third-order valence-electron chi connectivity index (χ3n) is 13.4. The van der Waals surface area contributed by atoms with E-state index in [0.29, 0.717) is 6.10 Å². The van der Waals surface area contributed by atoms with E-state index >= 15 is 0 Å². The van der Waals surface area contributed by atoms with Crippen LogP contribution in [0.5, 0.6) is 0 Å². The largest absolute Gasteiger partial charge is 0.378 e. The van der Waals surface area contributed by atoms with Crippen molar-refractivity contribution >= 4 is 0 Å². The van der Waals surface area contributed by atoms with Gasteiger partial charge in [-0.15, -0.1) is 0 Å². The van der Waals surface area contributed by atoms with Gasteiger partial charge in [-0.1, -0.05) is 82.3 Å². The molecular formula is C35H56O. The van der Waals surface area contributed by atoms with Crippen LogP contribution in [0.1, 0.15) is 135 Å². The van der Waals surface area contributed by atoms with E-state index in [1.165, 1.54) is 109 Å². The minimum atomic E-state index is 0.595. The Morgan fingerprint density at radius 2 is 1.31 bits per heavy atom. The molecule has 1 nitrogen and oxygen atoms in total. The van der Waals surface area contributed by atoms with Crippen LogP contribution in [0, 0.1) is 59.2 Å². The van der Waals surface area contributed by atoms with Gasteiger partial charge >= 0.3 is 0 Å². The molecule has 0 N–H and O–H groups in total. The molecular weight excluding hydrogens is 436 g/mol. The number of ether oxygens (including phenoxy) is 1. The van der Waals surface area contributed by atoms with Crippen molar-refractivity contribution in [3.8, 4) is 0 Å². The van der Waals surface area contributed by atoms with Crippen molar-refractivity contribution in [1.29, 1.82) is 0 Å². The first kappa shape index (κ1) is 24.7. The highest BCUT2D eigenvalue weighted by Gasteiger charge is 2.54. The summed E-state index contributed by atoms with van der Waals surface area (Å²) in [5.41, 5.74) is 3.96. The maximum Gasteiger partial charge on any atom is 0.0609 e. The summed E-state index contributed by atoms with van der Waals surface area (Å²) < 4.78 is 7.28. The summed E-state index contributed by atoms with van der Waals surface area (Å²) in [5.74, 6) is 9.75. The molecule has 1 heterocycles. The first-order chi connectivity index (χ1) is 17.8. The zero-order valence-electron chi connectivity index (χ0n) is 23.6. The average molecular weight is 493 g/mol. The number of hydrogen-bond donors (Lipinski definition) is 0. The Balaban J connectivity index is 1.18. The van der Waals surface area contributed by atoms with Crippen LogP contribution in [-0.4, -0.2) is 12.7 Å². The van der Waals surface area contributed by atoms with Crippen molar-refractivity contribution < 1.29 is 4.74 Å². The van der Waals surface area contributed by atoms with Crippen molar-refractivity contribution in [1.82, 2.24) is 0 Å². The van der Waals surface area contributed by atoms with Gasteiger partial charge in [-0.05, 0) is 123 Å². The third kappa shape index (κ3) is 4.69. The van der Waals surface area contributed by atoms with E-state index in [1.807, 2.05) is 11.1 Å². The molecule has 0 aromatic rings. The summed E-state index contributed by atoms with van der Waals surface area (Å²) in [7, 11) is 0. The summed E-state index contributed by atoms with van der Waals surface area (Å²) in [4.78, 5) is 0. The second-order valence-corrected chi connectivity index (χ2v) is 15.0. The van der Waals surface area contributed by atoms with Crippen molar-refractivity contribution in [3.63, 3.8) is 0 Å². The van der Waals surface area contributed by atoms with Gasteiger partial charge in [-0.2, -0.15) is 0 Å². The molecule has 7 rings (SSSR count). The number of fused-ring (bicyclic) bond motifs is 8. The van der Waals surface area contributed by atoms with Gasteiger partial charge in [0.25, 0.3) is 0 Å². The van der Waals surface area contributed by atoms with Gasteiger partial charge in [0.15, 0.2) is 0 Å². The predicted octanol–water partition coefficient (Wildman–Crippen LogP) is 9.75. The van der Waals surface area contributed by atoms with Crippen molar-refractivity contribution in [3.05, 3.63) is 11.1 Å². The minimum absolute atomic E-state index is 0.595. The second-order valence-electron chi connectivity index (χ2n) is 15.0. The monoisotopic (exact) mass is 492 g/mol. The molecule has 9 unspecified atom stereocenters. The van der Waals surface area contributed by atoms with Gasteiger partial charge in [-0.3, -0.25) is 0 Å². The van der Waals surface area contributed by atoms with E-state index < -0.39 is 0 Å². The van der Waals surface area contributed by atoms with Gasteiger partial charge in [0.2, 0.25) is 0 Å². The molecule has 0 radical (unpaired) electrons. The molecule has 1 aliphatic heterocycles. The summed E-state index contributed by atoms with van der Waals surface area (Å²) in [6, 6.07) is 0. The van der Waals surface area contributed by atoms with E-state index in [9.17, 15) is 0 Å². The fraction of sp³-hybridized carbons (Fsp3) is 0.943. The van der Waals surface area contributed by atoms with Crippen LogP contribution in [0.2, 0.25) is 0 Å². The zero-order chi connectivity index (χ0) is 24.1. The quantitative estimate of drug-likeness (QED) is 0.356. The van der Waals surface area contributed by atoms with Gasteiger partial charge in [-0.25, -0.2) is 0 Å². The molecule has 7 aliphatic rings. The van der Waals surface area contributed by atoms with E-state index in [2.05, 4.69) is 6.92 Å². The van der Waals surface area contributed by atoms with E-state index in [1.54, 1.807) is 19.3 Å². The Morgan fingerprint density at radius 1 is 0.639 bits per heavy atom. The molecule has 0 spiro atoms. The fourth-order valence-corrected chi connectivity index (χ4v) is 11.7. The molecule has 0 aromatic heterocycles. The molecule has 9 atom stereocenters. The smallest absolute Gasteiger partial charge is 0.0609 e. The highest BCUT2D eigenvalue weighted by molar-refractivity contribution is 5.39. The van der Waals surface area contributed by atoms with Crippen LogP contribution in [0.25, 0.3) is 0 Å². The molecule has 5 fully saturated rings. The van der Waals surface area contributed by atoms with Crippen molar-refractivity contribution in [2.75, 3.05) is 6.61 Å². The number of hydrogen-bond acceptors (Lipinski definition) is 1. The molecule has 202 valence electrons. The molecule has 1 heteroatoms. The van der Waals surface area contributed by atoms with Gasteiger partial charge in [0.1, 0.15) is 0 Å². The fourth-order valence-electron chi connectivity index (χ4n) is 11.7. The summed E-state index contributed by atoms with van der Waals surface area (Å²) in [5, 5.41) is 0. The Morgan fingerprint density at radius 3 is 2.06 bits per heavy atom. The average Bonchev–Trinajstić information content (AvgIpc) is 3.70. The van der Waals surface area contributed by atoms with Crippen molar-refractivity contribution in [2.24, 2.45) is 59.2 Å². The Hall–Kier alpha value is -0.300. The highest BCUT2D eigenvalue weighted by Crippen LogP contribution is 2.61. The molecule has 36 heavy (non-hydrogen) atoms. The number of allylic oxidation sites excluding steroid dienone is 2. The maximum atomic E-state index is 7.28. The topological polar surface area (TPSA) is 9.23 Å². The van der Waals surface area contributed by atoms with E-state index in [-0.39, 0.29) is 0 Å². The van der Waals surface area contributed by atoms with Crippen molar-refractivity contribution in [2.45, 2.75) is 141 Å². The Kier molecular flexibility index (Phi) is 7.34.